The minimum Gasteiger partial charge on any atom is -0.496 e. The molecule has 0 radical (unpaired) electrons. The number of nitrogens with one attached hydrogen (secondary N) is 1. The molecule has 0 spiro atoms. The van der Waals surface area contributed by atoms with Gasteiger partial charge in [0, 0.05) is 16.8 Å². The number of ketones is 1. The summed E-state index contributed by atoms with van der Waals surface area (Å²) in [4.78, 5) is 35.7. The average Bonchev–Trinajstić information content (AvgIpc) is 3.14. The summed E-state index contributed by atoms with van der Waals surface area (Å²) in [5.41, 5.74) is 4.31. The van der Waals surface area contributed by atoms with Crippen LogP contribution in [0, 0.1) is 0 Å². The Kier molecular flexibility index (Phi) is 6.09. The zero-order chi connectivity index (χ0) is 20.1. The quantitative estimate of drug-likeness (QED) is 0.589. The van der Waals surface area contributed by atoms with Crippen LogP contribution < -0.4 is 10.1 Å². The van der Waals surface area contributed by atoms with Crippen LogP contribution in [-0.4, -0.2) is 31.4 Å². The normalized spacial score (nSPS) is 12.2. The summed E-state index contributed by atoms with van der Waals surface area (Å²) in [5, 5.41) is 2.75. The van der Waals surface area contributed by atoms with Gasteiger partial charge in [-0.3, -0.25) is 14.4 Å². The van der Waals surface area contributed by atoms with Gasteiger partial charge in [-0.05, 0) is 67.6 Å². The molecule has 0 unspecified atom stereocenters. The second kappa shape index (κ2) is 8.69. The van der Waals surface area contributed by atoms with Crippen molar-refractivity contribution in [3.8, 4) is 5.75 Å². The lowest BCUT2D eigenvalue weighted by molar-refractivity contribution is -0.146. The fraction of sp³-hybridized carbons (Fsp3) is 0.318. The minimum absolute atomic E-state index is 0.0869. The second-order valence-corrected chi connectivity index (χ2v) is 6.81. The van der Waals surface area contributed by atoms with Crippen molar-refractivity contribution in [3.05, 3.63) is 58.7 Å². The van der Waals surface area contributed by atoms with Crippen LogP contribution in [-0.2, 0) is 33.6 Å². The van der Waals surface area contributed by atoms with Crippen molar-refractivity contribution in [2.75, 3.05) is 19.0 Å². The van der Waals surface area contributed by atoms with E-state index in [1.807, 2.05) is 18.2 Å². The number of esters is 1. The van der Waals surface area contributed by atoms with Crippen molar-refractivity contribution in [3.63, 3.8) is 0 Å². The zero-order valence-corrected chi connectivity index (χ0v) is 16.0. The topological polar surface area (TPSA) is 81.7 Å². The van der Waals surface area contributed by atoms with Crippen LogP contribution in [0.4, 0.5) is 5.69 Å². The summed E-state index contributed by atoms with van der Waals surface area (Å²) in [6.45, 7) is 1.08. The van der Waals surface area contributed by atoms with Crippen molar-refractivity contribution in [2.45, 2.75) is 32.6 Å². The number of Topliss-reactive ketones (excluding diaryl/α,β-unsaturated/α-hetero) is 1. The van der Waals surface area contributed by atoms with E-state index in [1.165, 1.54) is 25.2 Å². The van der Waals surface area contributed by atoms with E-state index in [4.69, 9.17) is 9.47 Å². The van der Waals surface area contributed by atoms with Crippen molar-refractivity contribution < 1.29 is 23.9 Å². The van der Waals surface area contributed by atoms with E-state index in [-0.39, 0.29) is 18.8 Å². The van der Waals surface area contributed by atoms with Gasteiger partial charge in [-0.25, -0.2) is 0 Å². The summed E-state index contributed by atoms with van der Waals surface area (Å²) in [7, 11) is 1.49. The highest BCUT2D eigenvalue weighted by atomic mass is 16.5. The van der Waals surface area contributed by atoms with Crippen molar-refractivity contribution in [1.29, 1.82) is 0 Å². The number of ether oxygens (including phenoxy) is 2. The van der Waals surface area contributed by atoms with Gasteiger partial charge in [0.1, 0.15) is 5.75 Å². The Hall–Kier alpha value is -3.15. The van der Waals surface area contributed by atoms with Gasteiger partial charge in [-0.15, -0.1) is 0 Å². The van der Waals surface area contributed by atoms with E-state index in [0.717, 1.165) is 19.3 Å². The van der Waals surface area contributed by atoms with E-state index in [0.29, 0.717) is 22.6 Å². The molecule has 0 atom stereocenters. The number of aryl methyl sites for hydroxylation is 2. The molecule has 0 heterocycles. The highest BCUT2D eigenvalue weighted by Crippen LogP contribution is 2.25. The second-order valence-electron chi connectivity index (χ2n) is 6.81. The maximum absolute atomic E-state index is 12.1. The van der Waals surface area contributed by atoms with E-state index >= 15 is 0 Å². The number of anilines is 1. The minimum atomic E-state index is -0.567. The van der Waals surface area contributed by atoms with Gasteiger partial charge < -0.3 is 14.8 Å². The summed E-state index contributed by atoms with van der Waals surface area (Å²) < 4.78 is 10.3. The van der Waals surface area contributed by atoms with E-state index < -0.39 is 11.9 Å². The van der Waals surface area contributed by atoms with Crippen LogP contribution in [0.3, 0.4) is 0 Å². The third-order valence-electron chi connectivity index (χ3n) is 4.77. The highest BCUT2D eigenvalue weighted by Gasteiger charge is 2.15. The molecule has 0 fully saturated rings. The fourth-order valence-electron chi connectivity index (χ4n) is 3.33. The first kappa shape index (κ1) is 19.6. The van der Waals surface area contributed by atoms with Crippen molar-refractivity contribution in [1.82, 2.24) is 0 Å². The van der Waals surface area contributed by atoms with Crippen LogP contribution >= 0.6 is 0 Å². The van der Waals surface area contributed by atoms with Gasteiger partial charge in [-0.2, -0.15) is 0 Å². The molecule has 1 aliphatic carbocycles. The first-order valence-electron chi connectivity index (χ1n) is 9.21. The Morgan fingerprint density at radius 2 is 1.82 bits per heavy atom. The van der Waals surface area contributed by atoms with Crippen LogP contribution in [0.25, 0.3) is 0 Å². The third-order valence-corrected chi connectivity index (χ3v) is 4.77. The maximum Gasteiger partial charge on any atom is 0.310 e. The van der Waals surface area contributed by atoms with Gasteiger partial charge >= 0.3 is 5.97 Å². The average molecular weight is 381 g/mol. The predicted molar refractivity (Wildman–Crippen MR) is 105 cm³/mol. The summed E-state index contributed by atoms with van der Waals surface area (Å²) in [6.07, 6.45) is 3.15. The molecule has 2 aromatic rings. The fourth-order valence-corrected chi connectivity index (χ4v) is 3.33. The van der Waals surface area contributed by atoms with Gasteiger partial charge in [-0.1, -0.05) is 6.07 Å². The molecule has 28 heavy (non-hydrogen) atoms. The number of carbonyl (C=O) groups excluding carboxylic acids is 3. The number of amides is 1. The number of hydrogen-bond donors (Lipinski definition) is 1. The van der Waals surface area contributed by atoms with Crippen LogP contribution in [0.5, 0.6) is 5.75 Å². The van der Waals surface area contributed by atoms with Gasteiger partial charge in [0.2, 0.25) is 0 Å². The SMILES string of the molecule is COc1ccc(C(C)=O)cc1CC(=O)OCC(=O)Nc1ccc2c(c1)CCC2. The number of rotatable bonds is 7. The maximum atomic E-state index is 12.1. The van der Waals surface area contributed by atoms with Crippen molar-refractivity contribution >= 4 is 23.3 Å². The molecule has 0 bridgehead atoms. The molecule has 0 saturated carbocycles. The molecule has 6 heteroatoms. The molecule has 1 N–H and O–H groups in total. The number of hydrogen-bond acceptors (Lipinski definition) is 5. The van der Waals surface area contributed by atoms with Crippen molar-refractivity contribution in [2.24, 2.45) is 0 Å². The van der Waals surface area contributed by atoms with Gasteiger partial charge in [0.25, 0.3) is 5.91 Å². The molecule has 146 valence electrons. The van der Waals surface area contributed by atoms with Crippen LogP contribution in [0.15, 0.2) is 36.4 Å². The molecule has 0 aromatic heterocycles. The molecule has 1 aliphatic rings. The number of benzene rings is 2. The van der Waals surface area contributed by atoms with Gasteiger partial charge in [0.15, 0.2) is 12.4 Å². The molecule has 6 nitrogen and oxygen atoms in total. The Balaban J connectivity index is 1.54. The lowest BCUT2D eigenvalue weighted by Crippen LogP contribution is -2.21. The molecule has 2 aromatic carbocycles. The Morgan fingerprint density at radius 1 is 1.04 bits per heavy atom. The largest absolute Gasteiger partial charge is 0.496 e. The van der Waals surface area contributed by atoms with Crippen LogP contribution in [0.1, 0.15) is 40.4 Å². The Bertz CT molecular complexity index is 919. The number of carbonyl (C=O) groups is 3. The number of methoxy groups -OCH3 is 1. The zero-order valence-electron chi connectivity index (χ0n) is 16.0. The predicted octanol–water partition coefficient (Wildman–Crippen LogP) is 3.11. The van der Waals surface area contributed by atoms with Crippen LogP contribution in [0.2, 0.25) is 0 Å². The lowest BCUT2D eigenvalue weighted by Gasteiger charge is -2.11. The highest BCUT2D eigenvalue weighted by molar-refractivity contribution is 5.95. The first-order chi connectivity index (χ1) is 13.5. The third kappa shape index (κ3) is 4.76. The smallest absolute Gasteiger partial charge is 0.310 e. The molecule has 0 aliphatic heterocycles. The lowest BCUT2D eigenvalue weighted by atomic mass is 10.0. The van der Waals surface area contributed by atoms with E-state index in [2.05, 4.69) is 5.32 Å². The van der Waals surface area contributed by atoms with E-state index in [1.54, 1.807) is 18.2 Å². The Morgan fingerprint density at radius 3 is 2.57 bits per heavy atom. The number of fused-ring (bicyclic) bond motifs is 1. The standard InChI is InChI=1S/C22H23NO5/c1-14(24)16-7-9-20(27-2)18(10-16)12-22(26)28-13-21(25)23-19-8-6-15-4-3-5-17(15)11-19/h6-11H,3-5,12-13H2,1-2H3,(H,23,25). The summed E-state index contributed by atoms with van der Waals surface area (Å²) >= 11 is 0. The summed E-state index contributed by atoms with van der Waals surface area (Å²) in [6, 6.07) is 10.7. The molecular weight excluding hydrogens is 358 g/mol. The first-order valence-corrected chi connectivity index (χ1v) is 9.21. The molecular formula is C22H23NO5. The van der Waals surface area contributed by atoms with E-state index in [9.17, 15) is 14.4 Å². The monoisotopic (exact) mass is 381 g/mol. The summed E-state index contributed by atoms with van der Waals surface area (Å²) in [5.74, 6) is -0.575. The molecule has 1 amide bonds. The molecule has 0 saturated heterocycles. The van der Waals surface area contributed by atoms with Gasteiger partial charge in [0.05, 0.1) is 13.5 Å². The molecule has 3 rings (SSSR count). The Labute approximate surface area is 163 Å².